The zero-order valence-electron chi connectivity index (χ0n) is 13.6. The fourth-order valence-corrected chi connectivity index (χ4v) is 4.43. The van der Waals surface area contributed by atoms with E-state index < -0.39 is 20.8 Å². The van der Waals surface area contributed by atoms with Gasteiger partial charge in [-0.1, -0.05) is 19.1 Å². The van der Waals surface area contributed by atoms with Crippen LogP contribution in [0.3, 0.4) is 0 Å². The van der Waals surface area contributed by atoms with Crippen molar-refractivity contribution in [2.45, 2.75) is 24.3 Å². The van der Waals surface area contributed by atoms with Gasteiger partial charge in [0.2, 0.25) is 0 Å². The van der Waals surface area contributed by atoms with Crippen LogP contribution >= 0.6 is 0 Å². The summed E-state index contributed by atoms with van der Waals surface area (Å²) >= 11 is 0. The number of fused-ring (bicyclic) bond motifs is 1. The fraction of sp³-hybridized carbons (Fsp3) is 0.375. The monoisotopic (exact) mass is 348 g/mol. The van der Waals surface area contributed by atoms with E-state index in [2.05, 4.69) is 15.3 Å². The predicted octanol–water partition coefficient (Wildman–Crippen LogP) is 1.32. The standard InChI is InChI=1S/C16H20N4O3S/c1-3-18-15(24(2,21)22)16(9-6-10-23-16)14-19-12-8-5-4-7-11(12)13(17)20-14/h4-8,10,15,18H,3,9H2,1-2H3,(H2,17,19,20). The van der Waals surface area contributed by atoms with Crippen molar-refractivity contribution in [2.75, 3.05) is 18.5 Å². The van der Waals surface area contributed by atoms with Gasteiger partial charge in [0.05, 0.1) is 11.8 Å². The quantitative estimate of drug-likeness (QED) is 0.839. The van der Waals surface area contributed by atoms with Gasteiger partial charge >= 0.3 is 0 Å². The molecule has 3 N–H and O–H groups in total. The first-order valence-corrected chi connectivity index (χ1v) is 9.62. The van der Waals surface area contributed by atoms with Crippen LogP contribution < -0.4 is 11.1 Å². The highest BCUT2D eigenvalue weighted by Crippen LogP contribution is 2.39. The highest BCUT2D eigenvalue weighted by molar-refractivity contribution is 7.91. The van der Waals surface area contributed by atoms with Crippen molar-refractivity contribution in [3.8, 4) is 0 Å². The molecule has 0 radical (unpaired) electrons. The Kier molecular flexibility index (Phi) is 4.18. The molecule has 0 fully saturated rings. The topological polar surface area (TPSA) is 107 Å². The third-order valence-corrected chi connectivity index (χ3v) is 5.45. The third-order valence-electron chi connectivity index (χ3n) is 4.05. The number of nitrogens with zero attached hydrogens (tertiary/aromatic N) is 2. The average molecular weight is 348 g/mol. The number of hydrogen-bond acceptors (Lipinski definition) is 7. The smallest absolute Gasteiger partial charge is 0.200 e. The summed E-state index contributed by atoms with van der Waals surface area (Å²) in [6.07, 6.45) is 4.78. The van der Waals surface area contributed by atoms with E-state index in [1.807, 2.05) is 31.2 Å². The predicted molar refractivity (Wildman–Crippen MR) is 92.8 cm³/mol. The second-order valence-electron chi connectivity index (χ2n) is 5.80. The van der Waals surface area contributed by atoms with Gasteiger partial charge in [0, 0.05) is 18.1 Å². The molecule has 1 aromatic heterocycles. The number of nitrogens with two attached hydrogens (primary N) is 1. The molecule has 1 aromatic carbocycles. The van der Waals surface area contributed by atoms with Crippen molar-refractivity contribution < 1.29 is 13.2 Å². The molecular formula is C16H20N4O3S. The van der Waals surface area contributed by atoms with Gasteiger partial charge in [-0.15, -0.1) is 0 Å². The van der Waals surface area contributed by atoms with Gasteiger partial charge in [0.1, 0.15) is 5.82 Å². The zero-order chi connectivity index (χ0) is 17.4. The van der Waals surface area contributed by atoms with Crippen LogP contribution in [-0.4, -0.2) is 36.6 Å². The summed E-state index contributed by atoms with van der Waals surface area (Å²) in [5.74, 6) is 0.564. The lowest BCUT2D eigenvalue weighted by molar-refractivity contribution is 0.0199. The maximum Gasteiger partial charge on any atom is 0.200 e. The number of aromatic nitrogens is 2. The molecule has 1 aliphatic heterocycles. The summed E-state index contributed by atoms with van der Waals surface area (Å²) in [5.41, 5.74) is 5.49. The SMILES string of the molecule is CCNC(C1(c2nc(N)c3ccccc3n2)CC=CO1)S(C)(=O)=O. The maximum absolute atomic E-state index is 12.4. The Hall–Kier alpha value is -2.19. The molecule has 2 atom stereocenters. The van der Waals surface area contributed by atoms with Gasteiger partial charge in [-0.25, -0.2) is 18.4 Å². The fourth-order valence-electron chi connectivity index (χ4n) is 3.01. The summed E-state index contributed by atoms with van der Waals surface area (Å²) < 4.78 is 30.5. The van der Waals surface area contributed by atoms with Gasteiger partial charge in [-0.2, -0.15) is 0 Å². The molecule has 128 valence electrons. The number of benzene rings is 1. The van der Waals surface area contributed by atoms with Crippen LogP contribution in [0.4, 0.5) is 5.82 Å². The van der Waals surface area contributed by atoms with Crippen molar-refractivity contribution in [1.82, 2.24) is 15.3 Å². The number of nitrogen functional groups attached to an aromatic ring is 1. The van der Waals surface area contributed by atoms with E-state index >= 15 is 0 Å². The number of sulfone groups is 1. The second kappa shape index (κ2) is 6.03. The lowest BCUT2D eigenvalue weighted by Gasteiger charge is -2.34. The van der Waals surface area contributed by atoms with Gasteiger partial charge in [0.15, 0.2) is 26.6 Å². The average Bonchev–Trinajstić information content (AvgIpc) is 3.02. The van der Waals surface area contributed by atoms with E-state index in [-0.39, 0.29) is 5.82 Å². The molecule has 0 saturated carbocycles. The van der Waals surface area contributed by atoms with Gasteiger partial charge in [0.25, 0.3) is 0 Å². The normalized spacial score (nSPS) is 21.8. The first kappa shape index (κ1) is 16.7. The van der Waals surface area contributed by atoms with Gasteiger partial charge in [-0.3, -0.25) is 5.32 Å². The first-order valence-electron chi connectivity index (χ1n) is 7.66. The van der Waals surface area contributed by atoms with E-state index in [0.29, 0.717) is 24.3 Å². The lowest BCUT2D eigenvalue weighted by atomic mass is 9.98. The first-order chi connectivity index (χ1) is 11.4. The van der Waals surface area contributed by atoms with Crippen LogP contribution in [0, 0.1) is 0 Å². The molecule has 0 saturated heterocycles. The van der Waals surface area contributed by atoms with Crippen LogP contribution in [0.2, 0.25) is 0 Å². The summed E-state index contributed by atoms with van der Waals surface area (Å²) in [5, 5.41) is 2.74. The van der Waals surface area contributed by atoms with Crippen molar-refractivity contribution in [1.29, 1.82) is 0 Å². The molecule has 2 unspecified atom stereocenters. The van der Waals surface area contributed by atoms with Crippen molar-refractivity contribution in [3.05, 3.63) is 42.4 Å². The Bertz CT molecular complexity index is 887. The molecule has 1 aliphatic rings. The number of ether oxygens (including phenoxy) is 1. The van der Waals surface area contributed by atoms with E-state index in [4.69, 9.17) is 10.5 Å². The summed E-state index contributed by atoms with van der Waals surface area (Å²) in [7, 11) is -3.48. The molecule has 2 heterocycles. The van der Waals surface area contributed by atoms with E-state index in [1.54, 1.807) is 6.08 Å². The molecule has 0 spiro atoms. The van der Waals surface area contributed by atoms with Crippen LogP contribution in [0.25, 0.3) is 10.9 Å². The molecule has 24 heavy (non-hydrogen) atoms. The maximum atomic E-state index is 12.4. The summed E-state index contributed by atoms with van der Waals surface area (Å²) in [6, 6.07) is 7.34. The molecule has 0 amide bonds. The van der Waals surface area contributed by atoms with Crippen LogP contribution in [0.15, 0.2) is 36.6 Å². The zero-order valence-corrected chi connectivity index (χ0v) is 14.4. The highest BCUT2D eigenvalue weighted by Gasteiger charge is 2.51. The number of rotatable bonds is 5. The van der Waals surface area contributed by atoms with Crippen molar-refractivity contribution >= 4 is 26.6 Å². The molecule has 0 aliphatic carbocycles. The Morgan fingerprint density at radius 3 is 2.75 bits per heavy atom. The van der Waals surface area contributed by atoms with E-state index in [1.165, 1.54) is 12.5 Å². The Morgan fingerprint density at radius 2 is 2.12 bits per heavy atom. The lowest BCUT2D eigenvalue weighted by Crippen LogP contribution is -2.53. The van der Waals surface area contributed by atoms with Crippen LogP contribution in [-0.2, 0) is 20.2 Å². The largest absolute Gasteiger partial charge is 0.484 e. The summed E-state index contributed by atoms with van der Waals surface area (Å²) in [6.45, 7) is 2.30. The van der Waals surface area contributed by atoms with Gasteiger partial charge in [-0.05, 0) is 24.8 Å². The Morgan fingerprint density at radius 1 is 1.38 bits per heavy atom. The minimum absolute atomic E-state index is 0.264. The second-order valence-corrected chi connectivity index (χ2v) is 7.93. The minimum Gasteiger partial charge on any atom is -0.484 e. The van der Waals surface area contributed by atoms with Crippen molar-refractivity contribution in [2.24, 2.45) is 0 Å². The molecule has 3 rings (SSSR count). The Balaban J connectivity index is 2.21. The van der Waals surface area contributed by atoms with E-state index in [0.717, 1.165) is 5.39 Å². The molecule has 2 aromatic rings. The number of likely N-dealkylation sites (N-methyl/N-ethyl adjacent to an activating group) is 1. The third kappa shape index (κ3) is 2.71. The van der Waals surface area contributed by atoms with E-state index in [9.17, 15) is 8.42 Å². The number of hydrogen-bond donors (Lipinski definition) is 2. The minimum atomic E-state index is -3.48. The molecule has 0 bridgehead atoms. The summed E-state index contributed by atoms with van der Waals surface area (Å²) in [4.78, 5) is 8.92. The number of para-hydroxylation sites is 1. The molecule has 7 nitrogen and oxygen atoms in total. The number of nitrogens with one attached hydrogen (secondary N) is 1. The van der Waals surface area contributed by atoms with Gasteiger partial charge < -0.3 is 10.5 Å². The highest BCUT2D eigenvalue weighted by atomic mass is 32.2. The number of anilines is 1. The van der Waals surface area contributed by atoms with Crippen LogP contribution in [0.5, 0.6) is 0 Å². The molecular weight excluding hydrogens is 328 g/mol. The van der Waals surface area contributed by atoms with Crippen LogP contribution in [0.1, 0.15) is 19.2 Å². The molecule has 8 heteroatoms. The van der Waals surface area contributed by atoms with Crippen molar-refractivity contribution in [3.63, 3.8) is 0 Å². The Labute approximate surface area is 140 Å².